The fourth-order valence-electron chi connectivity index (χ4n) is 3.51. The summed E-state index contributed by atoms with van der Waals surface area (Å²) in [7, 11) is 4.50. The van der Waals surface area contributed by atoms with Crippen LogP contribution >= 0.6 is 0 Å². The van der Waals surface area contributed by atoms with E-state index in [0.717, 1.165) is 13.2 Å². The second-order valence-corrected chi connectivity index (χ2v) is 6.46. The zero-order valence-electron chi connectivity index (χ0n) is 12.4. The Bertz CT molecular complexity index is 249. The average molecular weight is 254 g/mol. The Labute approximate surface area is 112 Å². The number of rotatable bonds is 4. The van der Waals surface area contributed by atoms with Crippen LogP contribution in [0.4, 0.5) is 0 Å². The molecule has 0 aromatic heterocycles. The first kappa shape index (κ1) is 14.3. The van der Waals surface area contributed by atoms with Gasteiger partial charge in [-0.2, -0.15) is 0 Å². The van der Waals surface area contributed by atoms with Gasteiger partial charge in [-0.05, 0) is 46.7 Å². The van der Waals surface area contributed by atoms with Crippen LogP contribution in [0.15, 0.2) is 0 Å². The van der Waals surface area contributed by atoms with Gasteiger partial charge >= 0.3 is 0 Å². The highest BCUT2D eigenvalue weighted by molar-refractivity contribution is 4.93. The van der Waals surface area contributed by atoms with Crippen molar-refractivity contribution in [2.24, 2.45) is 0 Å². The number of ether oxygens (including phenoxy) is 1. The second kappa shape index (κ2) is 6.36. The third-order valence-electron chi connectivity index (χ3n) is 4.94. The van der Waals surface area contributed by atoms with Crippen molar-refractivity contribution in [3.63, 3.8) is 0 Å². The molecule has 0 spiro atoms. The van der Waals surface area contributed by atoms with Gasteiger partial charge in [0.25, 0.3) is 0 Å². The van der Waals surface area contributed by atoms with Crippen molar-refractivity contribution in [1.29, 1.82) is 0 Å². The fourth-order valence-corrected chi connectivity index (χ4v) is 3.51. The SMILES string of the molecule is CC1CC(NCC2(N(C)C)CCCCC2)CCO1. The first-order valence-electron chi connectivity index (χ1n) is 7.65. The van der Waals surface area contributed by atoms with Crippen LogP contribution in [0.2, 0.25) is 0 Å². The average Bonchev–Trinajstić information content (AvgIpc) is 2.37. The molecule has 1 N–H and O–H groups in total. The number of hydrogen-bond donors (Lipinski definition) is 1. The maximum Gasteiger partial charge on any atom is 0.0561 e. The van der Waals surface area contributed by atoms with Crippen LogP contribution in [0, 0.1) is 0 Å². The molecule has 106 valence electrons. The first-order chi connectivity index (χ1) is 8.62. The molecule has 0 bridgehead atoms. The van der Waals surface area contributed by atoms with E-state index < -0.39 is 0 Å². The molecule has 1 aliphatic heterocycles. The normalized spacial score (nSPS) is 32.7. The lowest BCUT2D eigenvalue weighted by molar-refractivity contribution is 0.00804. The van der Waals surface area contributed by atoms with Gasteiger partial charge in [0.1, 0.15) is 0 Å². The Morgan fingerprint density at radius 3 is 2.56 bits per heavy atom. The lowest BCUT2D eigenvalue weighted by Crippen LogP contribution is -2.55. The maximum absolute atomic E-state index is 5.62. The first-order valence-corrected chi connectivity index (χ1v) is 7.65. The van der Waals surface area contributed by atoms with E-state index in [9.17, 15) is 0 Å². The van der Waals surface area contributed by atoms with Crippen LogP contribution in [0.25, 0.3) is 0 Å². The summed E-state index contributed by atoms with van der Waals surface area (Å²) in [6, 6.07) is 0.660. The summed E-state index contributed by atoms with van der Waals surface area (Å²) in [6.07, 6.45) is 9.69. The number of hydrogen-bond acceptors (Lipinski definition) is 3. The highest BCUT2D eigenvalue weighted by Gasteiger charge is 2.34. The minimum absolute atomic E-state index is 0.403. The third kappa shape index (κ3) is 3.46. The molecule has 3 heteroatoms. The van der Waals surface area contributed by atoms with E-state index in [0.29, 0.717) is 17.7 Å². The highest BCUT2D eigenvalue weighted by atomic mass is 16.5. The lowest BCUT2D eigenvalue weighted by atomic mass is 9.80. The maximum atomic E-state index is 5.62. The second-order valence-electron chi connectivity index (χ2n) is 6.46. The molecule has 1 aliphatic carbocycles. The van der Waals surface area contributed by atoms with Crippen LogP contribution in [0.5, 0.6) is 0 Å². The summed E-state index contributed by atoms with van der Waals surface area (Å²) < 4.78 is 5.62. The minimum atomic E-state index is 0.403. The van der Waals surface area contributed by atoms with Crippen LogP contribution in [0.3, 0.4) is 0 Å². The zero-order chi connectivity index (χ0) is 13.0. The summed E-state index contributed by atoms with van der Waals surface area (Å²) in [4.78, 5) is 2.46. The zero-order valence-corrected chi connectivity index (χ0v) is 12.4. The van der Waals surface area contributed by atoms with Crippen molar-refractivity contribution in [1.82, 2.24) is 10.2 Å². The van der Waals surface area contributed by atoms with Gasteiger partial charge in [0, 0.05) is 24.7 Å². The standard InChI is InChI=1S/C15H30N2O/c1-13-11-14(7-10-18-13)16-12-15(17(2)3)8-5-4-6-9-15/h13-14,16H,4-12H2,1-3H3. The van der Waals surface area contributed by atoms with Gasteiger partial charge in [-0.1, -0.05) is 19.3 Å². The predicted octanol–water partition coefficient (Wildman–Crippen LogP) is 2.41. The molecule has 18 heavy (non-hydrogen) atoms. The topological polar surface area (TPSA) is 24.5 Å². The van der Waals surface area contributed by atoms with Gasteiger partial charge in [-0.3, -0.25) is 0 Å². The van der Waals surface area contributed by atoms with E-state index in [2.05, 4.69) is 31.2 Å². The Kier molecular flexibility index (Phi) is 5.05. The van der Waals surface area contributed by atoms with Gasteiger partial charge in [-0.25, -0.2) is 0 Å². The number of nitrogens with one attached hydrogen (secondary N) is 1. The molecule has 1 saturated heterocycles. The molecule has 1 heterocycles. The molecular formula is C15H30N2O. The van der Waals surface area contributed by atoms with E-state index in [1.807, 2.05) is 0 Å². The molecule has 2 aliphatic rings. The van der Waals surface area contributed by atoms with Crippen molar-refractivity contribution in [2.75, 3.05) is 27.2 Å². The van der Waals surface area contributed by atoms with E-state index in [1.165, 1.54) is 44.9 Å². The van der Waals surface area contributed by atoms with Crippen LogP contribution < -0.4 is 5.32 Å². The third-order valence-corrected chi connectivity index (χ3v) is 4.94. The molecule has 0 amide bonds. The fraction of sp³-hybridized carbons (Fsp3) is 1.00. The van der Waals surface area contributed by atoms with E-state index in [1.54, 1.807) is 0 Å². The van der Waals surface area contributed by atoms with Crippen LogP contribution in [0.1, 0.15) is 51.9 Å². The molecule has 0 aromatic rings. The van der Waals surface area contributed by atoms with E-state index in [-0.39, 0.29) is 0 Å². The Morgan fingerprint density at radius 1 is 1.22 bits per heavy atom. The number of likely N-dealkylation sites (N-methyl/N-ethyl adjacent to an activating group) is 1. The Morgan fingerprint density at radius 2 is 1.94 bits per heavy atom. The van der Waals surface area contributed by atoms with E-state index >= 15 is 0 Å². The van der Waals surface area contributed by atoms with Crippen molar-refractivity contribution >= 4 is 0 Å². The molecule has 1 saturated carbocycles. The number of nitrogens with zero attached hydrogens (tertiary/aromatic N) is 1. The molecule has 2 fully saturated rings. The molecular weight excluding hydrogens is 224 g/mol. The minimum Gasteiger partial charge on any atom is -0.378 e. The van der Waals surface area contributed by atoms with E-state index in [4.69, 9.17) is 4.74 Å². The van der Waals surface area contributed by atoms with Gasteiger partial charge in [0.05, 0.1) is 6.10 Å². The largest absolute Gasteiger partial charge is 0.378 e. The molecule has 3 nitrogen and oxygen atoms in total. The van der Waals surface area contributed by atoms with Gasteiger partial charge in [0.15, 0.2) is 0 Å². The Balaban J connectivity index is 1.85. The molecule has 0 radical (unpaired) electrons. The summed E-state index contributed by atoms with van der Waals surface area (Å²) >= 11 is 0. The monoisotopic (exact) mass is 254 g/mol. The molecule has 2 rings (SSSR count). The summed E-state index contributed by atoms with van der Waals surface area (Å²) in [6.45, 7) is 4.27. The summed E-state index contributed by atoms with van der Waals surface area (Å²) in [5.41, 5.74) is 0.403. The van der Waals surface area contributed by atoms with Gasteiger partial charge < -0.3 is 15.0 Å². The highest BCUT2D eigenvalue weighted by Crippen LogP contribution is 2.32. The smallest absolute Gasteiger partial charge is 0.0561 e. The quantitative estimate of drug-likeness (QED) is 0.834. The lowest BCUT2D eigenvalue weighted by Gasteiger charge is -2.44. The van der Waals surface area contributed by atoms with Gasteiger partial charge in [0.2, 0.25) is 0 Å². The van der Waals surface area contributed by atoms with Crippen molar-refractivity contribution in [3.8, 4) is 0 Å². The van der Waals surface area contributed by atoms with Crippen LogP contribution in [-0.4, -0.2) is 49.8 Å². The van der Waals surface area contributed by atoms with Crippen molar-refractivity contribution < 1.29 is 4.74 Å². The van der Waals surface area contributed by atoms with Crippen molar-refractivity contribution in [2.45, 2.75) is 69.6 Å². The van der Waals surface area contributed by atoms with Crippen molar-refractivity contribution in [3.05, 3.63) is 0 Å². The predicted molar refractivity (Wildman–Crippen MR) is 75.9 cm³/mol. The molecule has 2 unspecified atom stereocenters. The summed E-state index contributed by atoms with van der Waals surface area (Å²) in [5, 5.41) is 3.82. The Hall–Kier alpha value is -0.120. The molecule has 2 atom stereocenters. The summed E-state index contributed by atoms with van der Waals surface area (Å²) in [5.74, 6) is 0. The molecule has 0 aromatic carbocycles. The van der Waals surface area contributed by atoms with Gasteiger partial charge in [-0.15, -0.1) is 0 Å². The van der Waals surface area contributed by atoms with Crippen LogP contribution in [-0.2, 0) is 4.74 Å².